The van der Waals surface area contributed by atoms with Gasteiger partial charge in [0, 0.05) is 8.95 Å². The standard InChI is InChI=1S/C10H12Br2O/c1-6(2)10-8(11)4-7(13-3)5-9(10)12/h4-6H,1-3H3. The quantitative estimate of drug-likeness (QED) is 0.789. The van der Waals surface area contributed by atoms with Crippen molar-refractivity contribution in [3.8, 4) is 5.75 Å². The number of halogens is 2. The molecule has 0 saturated carbocycles. The van der Waals surface area contributed by atoms with E-state index in [-0.39, 0.29) is 0 Å². The maximum atomic E-state index is 5.15. The maximum Gasteiger partial charge on any atom is 0.121 e. The summed E-state index contributed by atoms with van der Waals surface area (Å²) in [6.45, 7) is 4.33. The van der Waals surface area contributed by atoms with Crippen molar-refractivity contribution < 1.29 is 4.74 Å². The van der Waals surface area contributed by atoms with Gasteiger partial charge in [0.05, 0.1) is 7.11 Å². The second kappa shape index (κ2) is 4.47. The zero-order valence-corrected chi connectivity index (χ0v) is 11.1. The topological polar surface area (TPSA) is 9.23 Å². The summed E-state index contributed by atoms with van der Waals surface area (Å²) in [6, 6.07) is 3.97. The van der Waals surface area contributed by atoms with Crippen LogP contribution in [0.3, 0.4) is 0 Å². The predicted molar refractivity (Wildman–Crippen MR) is 62.5 cm³/mol. The van der Waals surface area contributed by atoms with Gasteiger partial charge in [-0.15, -0.1) is 0 Å². The molecule has 0 bridgehead atoms. The van der Waals surface area contributed by atoms with Crippen LogP contribution in [0, 0.1) is 0 Å². The van der Waals surface area contributed by atoms with Crippen LogP contribution in [0.2, 0.25) is 0 Å². The van der Waals surface area contributed by atoms with Gasteiger partial charge < -0.3 is 4.74 Å². The molecule has 0 aromatic heterocycles. The monoisotopic (exact) mass is 306 g/mol. The number of benzene rings is 1. The summed E-state index contributed by atoms with van der Waals surface area (Å²) in [5, 5.41) is 0. The first-order chi connectivity index (χ1) is 6.06. The fraction of sp³-hybridized carbons (Fsp3) is 0.400. The lowest BCUT2D eigenvalue weighted by atomic mass is 10.0. The van der Waals surface area contributed by atoms with E-state index in [0.717, 1.165) is 14.7 Å². The van der Waals surface area contributed by atoms with Crippen molar-refractivity contribution in [1.82, 2.24) is 0 Å². The summed E-state index contributed by atoms with van der Waals surface area (Å²) >= 11 is 7.06. The van der Waals surface area contributed by atoms with Crippen molar-refractivity contribution in [3.05, 3.63) is 26.6 Å². The number of hydrogen-bond acceptors (Lipinski definition) is 1. The van der Waals surface area contributed by atoms with Crippen molar-refractivity contribution in [2.24, 2.45) is 0 Å². The van der Waals surface area contributed by atoms with Gasteiger partial charge in [0.15, 0.2) is 0 Å². The molecule has 0 heterocycles. The Labute approximate surface area is 95.7 Å². The van der Waals surface area contributed by atoms with E-state index in [9.17, 15) is 0 Å². The van der Waals surface area contributed by atoms with Crippen molar-refractivity contribution >= 4 is 31.9 Å². The molecule has 0 N–H and O–H groups in total. The zero-order chi connectivity index (χ0) is 10.0. The zero-order valence-electron chi connectivity index (χ0n) is 7.90. The van der Waals surface area contributed by atoms with E-state index >= 15 is 0 Å². The fourth-order valence-corrected chi connectivity index (χ4v) is 3.29. The van der Waals surface area contributed by atoms with E-state index in [1.54, 1.807) is 7.11 Å². The highest BCUT2D eigenvalue weighted by Gasteiger charge is 2.10. The van der Waals surface area contributed by atoms with Gasteiger partial charge in [-0.05, 0) is 23.6 Å². The van der Waals surface area contributed by atoms with Crippen LogP contribution in [0.4, 0.5) is 0 Å². The van der Waals surface area contributed by atoms with Crippen LogP contribution in [-0.4, -0.2) is 7.11 Å². The highest BCUT2D eigenvalue weighted by Crippen LogP contribution is 2.35. The van der Waals surface area contributed by atoms with Gasteiger partial charge in [-0.3, -0.25) is 0 Å². The normalized spacial score (nSPS) is 10.6. The largest absolute Gasteiger partial charge is 0.497 e. The van der Waals surface area contributed by atoms with Gasteiger partial charge in [-0.25, -0.2) is 0 Å². The van der Waals surface area contributed by atoms with Gasteiger partial charge >= 0.3 is 0 Å². The van der Waals surface area contributed by atoms with Crippen molar-refractivity contribution in [2.75, 3.05) is 7.11 Å². The van der Waals surface area contributed by atoms with Crippen LogP contribution in [0.25, 0.3) is 0 Å². The molecular formula is C10H12Br2O. The molecule has 0 atom stereocenters. The van der Waals surface area contributed by atoms with Crippen LogP contribution in [0.5, 0.6) is 5.75 Å². The van der Waals surface area contributed by atoms with Gasteiger partial charge in [-0.1, -0.05) is 45.7 Å². The summed E-state index contributed by atoms with van der Waals surface area (Å²) in [4.78, 5) is 0. The molecule has 3 heteroatoms. The van der Waals surface area contributed by atoms with E-state index in [1.807, 2.05) is 12.1 Å². The molecule has 0 radical (unpaired) electrons. The Kier molecular flexibility index (Phi) is 3.80. The molecule has 72 valence electrons. The fourth-order valence-electron chi connectivity index (χ4n) is 1.23. The van der Waals surface area contributed by atoms with E-state index in [2.05, 4.69) is 45.7 Å². The van der Waals surface area contributed by atoms with Crippen LogP contribution in [0.1, 0.15) is 25.3 Å². The number of hydrogen-bond donors (Lipinski definition) is 0. The number of methoxy groups -OCH3 is 1. The molecule has 0 aliphatic rings. The first-order valence-electron chi connectivity index (χ1n) is 4.09. The first-order valence-corrected chi connectivity index (χ1v) is 5.67. The Morgan fingerprint density at radius 3 is 1.92 bits per heavy atom. The van der Waals surface area contributed by atoms with Gasteiger partial charge in [-0.2, -0.15) is 0 Å². The Hall–Kier alpha value is -0.0200. The van der Waals surface area contributed by atoms with Crippen molar-refractivity contribution in [2.45, 2.75) is 19.8 Å². The maximum absolute atomic E-state index is 5.15. The molecule has 0 saturated heterocycles. The minimum atomic E-state index is 0.495. The minimum Gasteiger partial charge on any atom is -0.497 e. The highest BCUT2D eigenvalue weighted by atomic mass is 79.9. The molecule has 0 aliphatic heterocycles. The van der Waals surface area contributed by atoms with Gasteiger partial charge in [0.25, 0.3) is 0 Å². The molecule has 0 fully saturated rings. The Bertz CT molecular complexity index is 285. The molecule has 0 spiro atoms. The third-order valence-corrected chi connectivity index (χ3v) is 3.18. The molecule has 0 aliphatic carbocycles. The average Bonchev–Trinajstić information content (AvgIpc) is 2.02. The minimum absolute atomic E-state index is 0.495. The third-order valence-electron chi connectivity index (χ3n) is 1.87. The summed E-state index contributed by atoms with van der Waals surface area (Å²) in [5.41, 5.74) is 1.28. The summed E-state index contributed by atoms with van der Waals surface area (Å²) in [7, 11) is 1.67. The summed E-state index contributed by atoms with van der Waals surface area (Å²) in [6.07, 6.45) is 0. The lowest BCUT2D eigenvalue weighted by Crippen LogP contribution is -1.93. The SMILES string of the molecule is COc1cc(Br)c(C(C)C)c(Br)c1. The first kappa shape index (κ1) is 11.1. The molecule has 1 rings (SSSR count). The van der Waals surface area contributed by atoms with Gasteiger partial charge in [0.1, 0.15) is 5.75 Å². The van der Waals surface area contributed by atoms with E-state index in [1.165, 1.54) is 5.56 Å². The summed E-state index contributed by atoms with van der Waals surface area (Å²) in [5.74, 6) is 1.36. The number of ether oxygens (including phenoxy) is 1. The second-order valence-corrected chi connectivity index (χ2v) is 4.87. The van der Waals surface area contributed by atoms with Crippen LogP contribution in [0.15, 0.2) is 21.1 Å². The Morgan fingerprint density at radius 2 is 1.62 bits per heavy atom. The van der Waals surface area contributed by atoms with E-state index in [4.69, 9.17) is 4.74 Å². The smallest absolute Gasteiger partial charge is 0.121 e. The molecule has 1 nitrogen and oxygen atoms in total. The Morgan fingerprint density at radius 1 is 1.15 bits per heavy atom. The molecule has 0 amide bonds. The summed E-state index contributed by atoms with van der Waals surface area (Å²) < 4.78 is 7.33. The lowest BCUT2D eigenvalue weighted by molar-refractivity contribution is 0.414. The molecule has 1 aromatic carbocycles. The molecule has 1 aromatic rings. The molecule has 0 unspecified atom stereocenters. The lowest BCUT2D eigenvalue weighted by Gasteiger charge is -2.12. The average molecular weight is 308 g/mol. The van der Waals surface area contributed by atoms with Crippen LogP contribution in [-0.2, 0) is 0 Å². The third kappa shape index (κ3) is 2.47. The molecular weight excluding hydrogens is 296 g/mol. The second-order valence-electron chi connectivity index (χ2n) is 3.16. The predicted octanol–water partition coefficient (Wildman–Crippen LogP) is 4.34. The van der Waals surface area contributed by atoms with E-state index in [0.29, 0.717) is 5.92 Å². The Balaban J connectivity index is 3.23. The van der Waals surface area contributed by atoms with E-state index < -0.39 is 0 Å². The number of rotatable bonds is 2. The van der Waals surface area contributed by atoms with Crippen molar-refractivity contribution in [3.63, 3.8) is 0 Å². The molecule has 13 heavy (non-hydrogen) atoms. The van der Waals surface area contributed by atoms with Crippen LogP contribution >= 0.6 is 31.9 Å². The highest BCUT2D eigenvalue weighted by molar-refractivity contribution is 9.11. The van der Waals surface area contributed by atoms with Crippen molar-refractivity contribution in [1.29, 1.82) is 0 Å². The van der Waals surface area contributed by atoms with Gasteiger partial charge in [0.2, 0.25) is 0 Å². The van der Waals surface area contributed by atoms with Crippen LogP contribution < -0.4 is 4.74 Å².